The van der Waals surface area contributed by atoms with Gasteiger partial charge in [-0.25, -0.2) is 0 Å². The topological polar surface area (TPSA) is 64.3 Å². The third kappa shape index (κ3) is 2.70. The molecule has 2 aliphatic carbocycles. The van der Waals surface area contributed by atoms with E-state index in [9.17, 15) is 15.2 Å². The number of nitrogens with zero attached hydrogens (tertiary/aromatic N) is 2. The van der Waals surface area contributed by atoms with E-state index in [-0.39, 0.29) is 40.9 Å². The maximum atomic E-state index is 13.2. The lowest BCUT2D eigenvalue weighted by atomic mass is 9.68. The molecule has 0 spiro atoms. The Morgan fingerprint density at radius 2 is 1.91 bits per heavy atom. The molecule has 0 heterocycles. The van der Waals surface area contributed by atoms with Crippen molar-refractivity contribution < 1.29 is 9.90 Å². The van der Waals surface area contributed by atoms with Crippen molar-refractivity contribution in [1.82, 2.24) is 4.90 Å². The summed E-state index contributed by atoms with van der Waals surface area (Å²) >= 11 is 0. The van der Waals surface area contributed by atoms with Crippen LogP contribution in [0.4, 0.5) is 0 Å². The van der Waals surface area contributed by atoms with Crippen LogP contribution in [0, 0.1) is 40.4 Å². The van der Waals surface area contributed by atoms with E-state index in [0.29, 0.717) is 6.42 Å². The van der Waals surface area contributed by atoms with Crippen LogP contribution < -0.4 is 0 Å². The molecule has 2 aliphatic rings. The Morgan fingerprint density at radius 1 is 1.32 bits per heavy atom. The molecule has 0 aromatic rings. The van der Waals surface area contributed by atoms with Gasteiger partial charge in [-0.1, -0.05) is 20.8 Å². The fourth-order valence-corrected chi connectivity index (χ4v) is 4.84. The Bertz CT molecular complexity index is 490. The smallest absolute Gasteiger partial charge is 0.142 e. The minimum absolute atomic E-state index is 0.0941. The van der Waals surface area contributed by atoms with E-state index < -0.39 is 5.60 Å². The van der Waals surface area contributed by atoms with Gasteiger partial charge in [-0.3, -0.25) is 4.79 Å². The van der Waals surface area contributed by atoms with E-state index in [2.05, 4.69) is 24.8 Å². The molecule has 0 unspecified atom stereocenters. The highest BCUT2D eigenvalue weighted by atomic mass is 16.3. The van der Waals surface area contributed by atoms with Gasteiger partial charge in [-0.05, 0) is 51.6 Å². The lowest BCUT2D eigenvalue weighted by Crippen LogP contribution is -2.50. The van der Waals surface area contributed by atoms with E-state index in [4.69, 9.17) is 0 Å². The number of Topliss-reactive ketones (excluding diaryl/α,β-unsaturated/α-hetero) is 1. The first kappa shape index (κ1) is 17.4. The third-order valence-corrected chi connectivity index (χ3v) is 6.28. The van der Waals surface area contributed by atoms with Crippen molar-refractivity contribution in [2.45, 2.75) is 58.6 Å². The summed E-state index contributed by atoms with van der Waals surface area (Å²) in [5, 5.41) is 20.7. The van der Waals surface area contributed by atoms with Crippen LogP contribution in [0.15, 0.2) is 0 Å². The Labute approximate surface area is 134 Å². The lowest BCUT2D eigenvalue weighted by Gasteiger charge is -2.42. The molecule has 2 rings (SSSR count). The maximum Gasteiger partial charge on any atom is 0.142 e. The Balaban J connectivity index is 2.47. The molecule has 0 aliphatic heterocycles. The highest BCUT2D eigenvalue weighted by Gasteiger charge is 2.58. The second-order valence-corrected chi connectivity index (χ2v) is 8.55. The Hall–Kier alpha value is -0.920. The molecule has 2 saturated carbocycles. The van der Waals surface area contributed by atoms with Crippen molar-refractivity contribution in [2.24, 2.45) is 29.1 Å². The van der Waals surface area contributed by atoms with Gasteiger partial charge in [0, 0.05) is 17.9 Å². The summed E-state index contributed by atoms with van der Waals surface area (Å²) < 4.78 is 0. The van der Waals surface area contributed by atoms with Crippen LogP contribution in [-0.4, -0.2) is 41.5 Å². The zero-order valence-corrected chi connectivity index (χ0v) is 14.8. The Kier molecular flexibility index (Phi) is 4.45. The average molecular weight is 306 g/mol. The van der Waals surface area contributed by atoms with Gasteiger partial charge in [0.1, 0.15) is 5.78 Å². The fraction of sp³-hybridized carbons (Fsp3) is 0.889. The zero-order chi connectivity index (χ0) is 16.9. The van der Waals surface area contributed by atoms with E-state index in [1.165, 1.54) is 0 Å². The molecule has 0 bridgehead atoms. The summed E-state index contributed by atoms with van der Waals surface area (Å²) in [5.41, 5.74) is -1.10. The summed E-state index contributed by atoms with van der Waals surface area (Å²) in [6.45, 7) is 7.97. The second kappa shape index (κ2) is 5.62. The number of hydrogen-bond donors (Lipinski definition) is 1. The molecule has 0 radical (unpaired) electrons. The van der Waals surface area contributed by atoms with Crippen LogP contribution >= 0.6 is 0 Å². The van der Waals surface area contributed by atoms with Crippen LogP contribution in [0.1, 0.15) is 47.0 Å². The molecule has 6 atom stereocenters. The number of carbonyl (C=O) groups is 1. The number of rotatable bonds is 1. The summed E-state index contributed by atoms with van der Waals surface area (Å²) in [6, 6.07) is 2.52. The van der Waals surface area contributed by atoms with Crippen molar-refractivity contribution in [1.29, 1.82) is 5.26 Å². The van der Waals surface area contributed by atoms with Gasteiger partial charge in [-0.2, -0.15) is 5.26 Å². The van der Waals surface area contributed by atoms with Gasteiger partial charge in [-0.15, -0.1) is 0 Å². The van der Waals surface area contributed by atoms with Gasteiger partial charge in [0.05, 0.1) is 17.6 Å². The van der Waals surface area contributed by atoms with Crippen molar-refractivity contribution >= 4 is 5.78 Å². The van der Waals surface area contributed by atoms with Crippen LogP contribution in [0.25, 0.3) is 0 Å². The standard InChI is InChI=1S/C18H30N2O2/c1-11-14(20(5)6)7-8-18(4,22)12-9-17(2,3)13(10-19)15(12)16(11)21/h11-15,22H,7-9H2,1-6H3/t11-,12-,13+,14-,15-,18-/m0/s1. The van der Waals surface area contributed by atoms with Crippen molar-refractivity contribution in [2.75, 3.05) is 14.1 Å². The molecule has 4 heteroatoms. The summed E-state index contributed by atoms with van der Waals surface area (Å²) in [5.74, 6) is -0.679. The molecule has 124 valence electrons. The summed E-state index contributed by atoms with van der Waals surface area (Å²) in [7, 11) is 3.98. The molecule has 2 fully saturated rings. The van der Waals surface area contributed by atoms with Crippen molar-refractivity contribution in [3.05, 3.63) is 0 Å². The van der Waals surface area contributed by atoms with Gasteiger partial charge in [0.2, 0.25) is 0 Å². The van der Waals surface area contributed by atoms with Crippen LogP contribution in [0.2, 0.25) is 0 Å². The van der Waals surface area contributed by atoms with Gasteiger partial charge in [0.25, 0.3) is 0 Å². The predicted molar refractivity (Wildman–Crippen MR) is 86.0 cm³/mol. The monoisotopic (exact) mass is 306 g/mol. The van der Waals surface area contributed by atoms with Crippen LogP contribution in [-0.2, 0) is 4.79 Å². The highest BCUT2D eigenvalue weighted by molar-refractivity contribution is 5.85. The number of hydrogen-bond acceptors (Lipinski definition) is 4. The number of fused-ring (bicyclic) bond motifs is 1. The molecule has 0 amide bonds. The van der Waals surface area contributed by atoms with E-state index in [1.807, 2.05) is 27.9 Å². The van der Waals surface area contributed by atoms with Crippen LogP contribution in [0.5, 0.6) is 0 Å². The maximum absolute atomic E-state index is 13.2. The molecule has 0 aromatic heterocycles. The van der Waals surface area contributed by atoms with E-state index in [0.717, 1.165) is 12.8 Å². The van der Waals surface area contributed by atoms with Gasteiger partial charge < -0.3 is 10.0 Å². The van der Waals surface area contributed by atoms with Gasteiger partial charge in [0.15, 0.2) is 0 Å². The van der Waals surface area contributed by atoms with Crippen molar-refractivity contribution in [3.63, 3.8) is 0 Å². The minimum Gasteiger partial charge on any atom is -0.390 e. The molecule has 4 nitrogen and oxygen atoms in total. The number of ketones is 1. The van der Waals surface area contributed by atoms with E-state index >= 15 is 0 Å². The van der Waals surface area contributed by atoms with Crippen molar-refractivity contribution in [3.8, 4) is 6.07 Å². The third-order valence-electron chi connectivity index (χ3n) is 6.28. The fourth-order valence-electron chi connectivity index (χ4n) is 4.84. The molecule has 22 heavy (non-hydrogen) atoms. The molecule has 0 aromatic carbocycles. The van der Waals surface area contributed by atoms with Crippen LogP contribution in [0.3, 0.4) is 0 Å². The number of carbonyl (C=O) groups excluding carboxylic acids is 1. The quantitative estimate of drug-likeness (QED) is 0.808. The second-order valence-electron chi connectivity index (χ2n) is 8.55. The molecule has 0 saturated heterocycles. The molecule has 1 N–H and O–H groups in total. The minimum atomic E-state index is -0.877. The predicted octanol–water partition coefficient (Wildman–Crippen LogP) is 2.47. The average Bonchev–Trinajstić information content (AvgIpc) is 2.67. The SMILES string of the molecule is C[C@@H]1C(=O)[C@@H]2[C@@H](C#N)C(C)(C)C[C@@H]2[C@@](C)(O)CC[C@@H]1N(C)C. The zero-order valence-electron chi connectivity index (χ0n) is 14.8. The normalized spacial score (nSPS) is 45.0. The van der Waals surface area contributed by atoms with Gasteiger partial charge >= 0.3 is 0 Å². The van der Waals surface area contributed by atoms with E-state index in [1.54, 1.807) is 0 Å². The summed E-state index contributed by atoms with van der Waals surface area (Å²) in [4.78, 5) is 15.2. The number of aliphatic hydroxyl groups is 1. The highest BCUT2D eigenvalue weighted by Crippen LogP contribution is 2.56. The first-order chi connectivity index (χ1) is 10.0. The number of nitriles is 1. The molecular formula is C18H30N2O2. The first-order valence-corrected chi connectivity index (χ1v) is 8.35. The Morgan fingerprint density at radius 3 is 2.41 bits per heavy atom. The summed E-state index contributed by atoms with van der Waals surface area (Å²) in [6.07, 6.45) is 2.24. The molecular weight excluding hydrogens is 276 g/mol. The first-order valence-electron chi connectivity index (χ1n) is 8.35. The largest absolute Gasteiger partial charge is 0.390 e. The lowest BCUT2D eigenvalue weighted by molar-refractivity contribution is -0.137.